The van der Waals surface area contributed by atoms with Crippen molar-refractivity contribution in [2.45, 2.75) is 68.9 Å². The number of nitrogens with two attached hydrogens (primary N) is 1. The number of benzene rings is 1. The Morgan fingerprint density at radius 3 is 2.59 bits per heavy atom. The van der Waals surface area contributed by atoms with Crippen molar-refractivity contribution in [3.05, 3.63) is 35.9 Å². The van der Waals surface area contributed by atoms with E-state index in [9.17, 15) is 21.6 Å². The van der Waals surface area contributed by atoms with Gasteiger partial charge in [-0.1, -0.05) is 25.5 Å². The largest absolute Gasteiger partial charge is 0.382 e. The van der Waals surface area contributed by atoms with Crippen molar-refractivity contribution >= 4 is 25.9 Å². The van der Waals surface area contributed by atoms with Gasteiger partial charge in [-0.05, 0) is 91.7 Å². The van der Waals surface area contributed by atoms with Crippen LogP contribution in [0.2, 0.25) is 0 Å². The van der Waals surface area contributed by atoms with Gasteiger partial charge in [0, 0.05) is 12.5 Å². The molecule has 186 valence electrons. The molecule has 5 rings (SSSR count). The molecule has 3 saturated carbocycles. The Bertz CT molecular complexity index is 1250. The first-order valence-corrected chi connectivity index (χ1v) is 15.2. The third kappa shape index (κ3) is 3.93. The Kier molecular flexibility index (Phi) is 5.77. The third-order valence-corrected chi connectivity index (χ3v) is 12.1. The van der Waals surface area contributed by atoms with E-state index in [1.54, 1.807) is 0 Å². The smallest absolute Gasteiger partial charge is 0.312 e. The number of allylic oxidation sites excluding steroid dienone is 1. The fourth-order valence-corrected chi connectivity index (χ4v) is 10.3. The summed E-state index contributed by atoms with van der Waals surface area (Å²) in [6, 6.07) is 5.35. The summed E-state index contributed by atoms with van der Waals surface area (Å²) >= 11 is 0. The molecule has 0 saturated heterocycles. The van der Waals surface area contributed by atoms with Gasteiger partial charge >= 0.3 is 10.1 Å². The molecule has 7 atom stereocenters. The highest BCUT2D eigenvalue weighted by atomic mass is 32.2. The molecular formula is C25H33NO6S2. The van der Waals surface area contributed by atoms with E-state index in [0.717, 1.165) is 32.1 Å². The van der Waals surface area contributed by atoms with Gasteiger partial charge < -0.3 is 4.18 Å². The maximum atomic E-state index is 13.5. The summed E-state index contributed by atoms with van der Waals surface area (Å²) in [5.74, 6) is 2.33. The molecule has 1 aromatic carbocycles. The predicted molar refractivity (Wildman–Crippen MR) is 128 cm³/mol. The van der Waals surface area contributed by atoms with E-state index in [0.29, 0.717) is 42.4 Å². The number of rotatable bonds is 4. The van der Waals surface area contributed by atoms with E-state index in [1.807, 2.05) is 6.08 Å². The Balaban J connectivity index is 1.41. The van der Waals surface area contributed by atoms with Crippen molar-refractivity contribution in [2.75, 3.05) is 0 Å². The molecule has 4 unspecified atom stereocenters. The van der Waals surface area contributed by atoms with Crippen LogP contribution in [0.1, 0.15) is 58.8 Å². The highest BCUT2D eigenvalue weighted by Gasteiger charge is 2.61. The number of sulfonamides is 1. The molecule has 7 nitrogen and oxygen atoms in total. The first-order valence-electron chi connectivity index (χ1n) is 12.2. The summed E-state index contributed by atoms with van der Waals surface area (Å²) in [4.78, 5) is 11.8. The molecule has 0 bridgehead atoms. The quantitative estimate of drug-likeness (QED) is 0.619. The molecule has 9 heteroatoms. The van der Waals surface area contributed by atoms with Crippen molar-refractivity contribution in [1.82, 2.24) is 0 Å². The maximum Gasteiger partial charge on any atom is 0.312 e. The van der Waals surface area contributed by atoms with Gasteiger partial charge in [0.25, 0.3) is 0 Å². The van der Waals surface area contributed by atoms with Crippen LogP contribution < -0.4 is 9.32 Å². The van der Waals surface area contributed by atoms with Crippen LogP contribution in [0.25, 0.3) is 0 Å². The molecule has 2 N–H and O–H groups in total. The zero-order chi connectivity index (χ0) is 24.5. The molecule has 1 aromatic rings. The van der Waals surface area contributed by atoms with Crippen molar-refractivity contribution in [2.24, 2.45) is 40.1 Å². The molecule has 34 heavy (non-hydrogen) atoms. The molecule has 3 fully saturated rings. The molecule has 0 aromatic heterocycles. The Morgan fingerprint density at radius 2 is 1.85 bits per heavy atom. The minimum Gasteiger partial charge on any atom is -0.382 e. The van der Waals surface area contributed by atoms with Crippen LogP contribution in [0.4, 0.5) is 0 Å². The van der Waals surface area contributed by atoms with E-state index in [1.165, 1.54) is 29.8 Å². The van der Waals surface area contributed by atoms with Crippen LogP contribution in [-0.2, 0) is 24.9 Å². The van der Waals surface area contributed by atoms with Crippen molar-refractivity contribution in [1.29, 1.82) is 0 Å². The van der Waals surface area contributed by atoms with Gasteiger partial charge in [-0.15, -0.1) is 0 Å². The minimum absolute atomic E-state index is 0.0278. The van der Waals surface area contributed by atoms with Crippen molar-refractivity contribution in [3.63, 3.8) is 0 Å². The van der Waals surface area contributed by atoms with E-state index < -0.39 is 30.8 Å². The molecule has 4 aliphatic rings. The van der Waals surface area contributed by atoms with Gasteiger partial charge in [-0.2, -0.15) is 8.42 Å². The zero-order valence-corrected chi connectivity index (χ0v) is 21.3. The van der Waals surface area contributed by atoms with E-state index in [-0.39, 0.29) is 16.4 Å². The molecular weight excluding hydrogens is 474 g/mol. The van der Waals surface area contributed by atoms with Gasteiger partial charge in [0.05, 0.1) is 4.90 Å². The Labute approximate surface area is 202 Å². The lowest BCUT2D eigenvalue weighted by atomic mass is 9.50. The van der Waals surface area contributed by atoms with Gasteiger partial charge in [0.15, 0.2) is 5.78 Å². The van der Waals surface area contributed by atoms with E-state index in [2.05, 4.69) is 13.8 Å². The second kappa shape index (κ2) is 8.17. The van der Waals surface area contributed by atoms with Crippen LogP contribution in [0.3, 0.4) is 0 Å². The average Bonchev–Trinajstić information content (AvgIpc) is 3.10. The fraction of sp³-hybridized carbons (Fsp3) is 0.640. The highest BCUT2D eigenvalue weighted by Crippen LogP contribution is 2.64. The lowest BCUT2D eigenvalue weighted by Gasteiger charge is -2.55. The summed E-state index contributed by atoms with van der Waals surface area (Å²) in [6.07, 6.45) is 7.53. The summed E-state index contributed by atoms with van der Waals surface area (Å²) in [5.41, 5.74) is 0.922. The van der Waals surface area contributed by atoms with E-state index in [4.69, 9.17) is 9.32 Å². The van der Waals surface area contributed by atoms with Gasteiger partial charge in [0.1, 0.15) is 11.0 Å². The van der Waals surface area contributed by atoms with Crippen LogP contribution in [0.15, 0.2) is 40.8 Å². The second-order valence-electron chi connectivity index (χ2n) is 11.1. The number of hydrogen-bond acceptors (Lipinski definition) is 6. The number of carbonyl (C=O) groups is 1. The minimum atomic E-state index is -3.98. The highest BCUT2D eigenvalue weighted by molar-refractivity contribution is 7.89. The van der Waals surface area contributed by atoms with Crippen LogP contribution in [0.5, 0.6) is 5.75 Å². The first-order chi connectivity index (χ1) is 15.9. The topological polar surface area (TPSA) is 121 Å². The van der Waals surface area contributed by atoms with Gasteiger partial charge in [0.2, 0.25) is 10.0 Å². The lowest BCUT2D eigenvalue weighted by Crippen LogP contribution is -2.51. The van der Waals surface area contributed by atoms with Crippen LogP contribution in [0, 0.1) is 35.0 Å². The Morgan fingerprint density at radius 1 is 1.09 bits per heavy atom. The molecule has 0 radical (unpaired) electrons. The third-order valence-electron chi connectivity index (χ3n) is 9.25. The standard InChI is InChI=1S/C25H33NO6S2/c1-15-12-16-13-17(27)6-7-20(16)21-10-11-25(2)22(24(15)21)8-9-23(25)34(30,31)32-18-4-3-5-19(14-18)33(26,28)29/h3-5,13-15,20-24H,6-12H2,1-2H3,(H2,26,28,29)/t15-,20?,21?,22?,23+,24?,25+/m1/s1. The summed E-state index contributed by atoms with van der Waals surface area (Å²) in [5, 5.41) is 4.56. The molecule has 0 amide bonds. The van der Waals surface area contributed by atoms with Crippen LogP contribution >= 0.6 is 0 Å². The number of fused-ring (bicyclic) bond motifs is 5. The number of hydrogen-bond donors (Lipinski definition) is 1. The van der Waals surface area contributed by atoms with Crippen molar-refractivity contribution < 1.29 is 25.8 Å². The summed E-state index contributed by atoms with van der Waals surface area (Å²) in [7, 11) is -7.95. The average molecular weight is 508 g/mol. The SMILES string of the molecule is C[C@@H]1CC2=CC(=O)CCC2C2CC[C@@]3(C)C(CC[C@@H]3S(=O)(=O)Oc3cccc(S(N)(=O)=O)c3)C21. The van der Waals surface area contributed by atoms with Gasteiger partial charge in [-0.3, -0.25) is 4.79 Å². The molecule has 0 aliphatic heterocycles. The van der Waals surface area contributed by atoms with E-state index >= 15 is 0 Å². The normalized spacial score (nSPS) is 37.9. The summed E-state index contributed by atoms with van der Waals surface area (Å²) < 4.78 is 55.8. The Hall–Kier alpha value is -1.71. The van der Waals surface area contributed by atoms with Gasteiger partial charge in [-0.25, -0.2) is 13.6 Å². The monoisotopic (exact) mass is 507 g/mol. The summed E-state index contributed by atoms with van der Waals surface area (Å²) in [6.45, 7) is 4.37. The number of primary sulfonamides is 1. The fourth-order valence-electron chi connectivity index (χ4n) is 7.91. The van der Waals surface area contributed by atoms with Crippen LogP contribution in [-0.4, -0.2) is 27.9 Å². The number of ketones is 1. The molecule has 4 aliphatic carbocycles. The lowest BCUT2D eigenvalue weighted by molar-refractivity contribution is -0.116. The molecule has 0 heterocycles. The zero-order valence-electron chi connectivity index (χ0n) is 19.6. The van der Waals surface area contributed by atoms with Crippen molar-refractivity contribution in [3.8, 4) is 5.75 Å². The second-order valence-corrected chi connectivity index (χ2v) is 14.3. The maximum absolute atomic E-state index is 13.5. The first kappa shape index (κ1) is 24.0. The predicted octanol–water partition coefficient (Wildman–Crippen LogP) is 3.80. The molecule has 0 spiro atoms. The number of carbonyl (C=O) groups excluding carboxylic acids is 1.